The van der Waals surface area contributed by atoms with Gasteiger partial charge in [0.05, 0.1) is 22.8 Å². The van der Waals surface area contributed by atoms with E-state index in [1.165, 1.54) is 5.56 Å². The molecule has 110 valence electrons. The first-order valence-corrected chi connectivity index (χ1v) is 7.29. The molecule has 0 amide bonds. The number of rotatable bonds is 3. The number of hydrogen-bond acceptors (Lipinski definition) is 3. The lowest BCUT2D eigenvalue weighted by molar-refractivity contribution is 0.787. The van der Waals surface area contributed by atoms with Crippen molar-refractivity contribution in [3.63, 3.8) is 0 Å². The zero-order chi connectivity index (χ0) is 15.7. The summed E-state index contributed by atoms with van der Waals surface area (Å²) in [6.07, 6.45) is 1.73. The van der Waals surface area contributed by atoms with Gasteiger partial charge in [0.2, 0.25) is 0 Å². The van der Waals surface area contributed by atoms with Crippen LogP contribution in [0.3, 0.4) is 0 Å². The number of nitrogens with two attached hydrogens (primary N) is 1. The lowest BCUT2D eigenvalue weighted by Crippen LogP contribution is -2.00. The summed E-state index contributed by atoms with van der Waals surface area (Å²) in [7, 11) is 2.03. The highest BCUT2D eigenvalue weighted by Gasteiger charge is 2.11. The highest BCUT2D eigenvalue weighted by Crippen LogP contribution is 2.24. The van der Waals surface area contributed by atoms with Crippen LogP contribution in [0.5, 0.6) is 0 Å². The predicted octanol–water partition coefficient (Wildman–Crippen LogP) is 3.12. The van der Waals surface area contributed by atoms with E-state index in [0.29, 0.717) is 5.56 Å². The molecule has 2 aromatic carbocycles. The summed E-state index contributed by atoms with van der Waals surface area (Å²) in [5.74, 6) is 1.02. The van der Waals surface area contributed by atoms with Crippen molar-refractivity contribution < 1.29 is 0 Å². The number of anilines is 1. The second-order valence-electron chi connectivity index (χ2n) is 5.56. The van der Waals surface area contributed by atoms with Gasteiger partial charge in [-0.15, -0.1) is 0 Å². The van der Waals surface area contributed by atoms with E-state index < -0.39 is 0 Å². The molecule has 0 aliphatic rings. The van der Waals surface area contributed by atoms with E-state index in [9.17, 15) is 0 Å². The minimum absolute atomic E-state index is 0.690. The maximum absolute atomic E-state index is 8.83. The van der Waals surface area contributed by atoms with Crippen LogP contribution in [0.25, 0.3) is 11.0 Å². The van der Waals surface area contributed by atoms with E-state index >= 15 is 0 Å². The molecule has 4 heteroatoms. The zero-order valence-electron chi connectivity index (χ0n) is 12.8. The maximum atomic E-state index is 8.83. The van der Waals surface area contributed by atoms with Crippen molar-refractivity contribution in [2.45, 2.75) is 19.8 Å². The Kier molecular flexibility index (Phi) is 3.56. The average Bonchev–Trinajstić information content (AvgIpc) is 2.86. The molecule has 3 rings (SSSR count). The van der Waals surface area contributed by atoms with Crippen LogP contribution in [-0.4, -0.2) is 9.55 Å². The van der Waals surface area contributed by atoms with Crippen molar-refractivity contribution >= 4 is 16.7 Å². The van der Waals surface area contributed by atoms with Gasteiger partial charge in [-0.3, -0.25) is 0 Å². The van der Waals surface area contributed by atoms with Crippen LogP contribution in [0.2, 0.25) is 0 Å². The molecule has 1 heterocycles. The molecule has 3 aromatic rings. The molecule has 2 N–H and O–H groups in total. The largest absolute Gasteiger partial charge is 0.397 e. The monoisotopic (exact) mass is 290 g/mol. The molecule has 0 fully saturated rings. The second-order valence-corrected chi connectivity index (χ2v) is 5.56. The number of benzene rings is 2. The third-order valence-electron chi connectivity index (χ3n) is 4.12. The number of imidazole rings is 1. The van der Waals surface area contributed by atoms with E-state index in [0.717, 1.165) is 41.0 Å². The fourth-order valence-electron chi connectivity index (χ4n) is 2.65. The van der Waals surface area contributed by atoms with Crippen molar-refractivity contribution in [3.05, 3.63) is 58.9 Å². The fraction of sp³-hybridized carbons (Fsp3) is 0.222. The van der Waals surface area contributed by atoms with Gasteiger partial charge in [-0.2, -0.15) is 5.26 Å². The Hall–Kier alpha value is -2.80. The maximum Gasteiger partial charge on any atom is 0.112 e. The first-order chi connectivity index (χ1) is 10.6. The summed E-state index contributed by atoms with van der Waals surface area (Å²) in [5.41, 5.74) is 11.8. The molecule has 0 radical (unpaired) electrons. The normalized spacial score (nSPS) is 10.8. The van der Waals surface area contributed by atoms with Gasteiger partial charge < -0.3 is 10.3 Å². The van der Waals surface area contributed by atoms with Gasteiger partial charge in [0.1, 0.15) is 11.3 Å². The topological polar surface area (TPSA) is 67.6 Å². The Balaban J connectivity index is 1.86. The van der Waals surface area contributed by atoms with Crippen LogP contribution < -0.4 is 5.73 Å². The lowest BCUT2D eigenvalue weighted by atomic mass is 10.1. The van der Waals surface area contributed by atoms with Crippen LogP contribution >= 0.6 is 0 Å². The van der Waals surface area contributed by atoms with Crippen LogP contribution in [-0.2, 0) is 19.9 Å². The number of fused-ring (bicyclic) bond motifs is 1. The van der Waals surface area contributed by atoms with Gasteiger partial charge in [0.25, 0.3) is 0 Å². The number of nitrogens with zero attached hydrogens (tertiary/aromatic N) is 3. The Bertz CT molecular complexity index is 867. The SMILES string of the molecule is Cc1ccc2c(nc(CCc3ccc(C#N)cc3)n2C)c1N. The molecule has 0 aliphatic heterocycles. The van der Waals surface area contributed by atoms with Crippen LogP contribution in [0.4, 0.5) is 5.69 Å². The molecule has 0 spiro atoms. The van der Waals surface area contributed by atoms with E-state index in [-0.39, 0.29) is 0 Å². The van der Waals surface area contributed by atoms with E-state index in [2.05, 4.69) is 16.7 Å². The highest BCUT2D eigenvalue weighted by molar-refractivity contribution is 5.89. The summed E-state index contributed by atoms with van der Waals surface area (Å²) in [4.78, 5) is 4.71. The molecule has 0 unspecified atom stereocenters. The Morgan fingerprint density at radius 1 is 1.14 bits per heavy atom. The van der Waals surface area contributed by atoms with Crippen molar-refractivity contribution in [1.82, 2.24) is 9.55 Å². The van der Waals surface area contributed by atoms with Crippen LogP contribution in [0, 0.1) is 18.3 Å². The van der Waals surface area contributed by atoms with Crippen molar-refractivity contribution in [3.8, 4) is 6.07 Å². The third-order valence-corrected chi connectivity index (χ3v) is 4.12. The minimum atomic E-state index is 0.690. The first kappa shape index (κ1) is 14.2. The lowest BCUT2D eigenvalue weighted by Gasteiger charge is -2.03. The molecule has 0 saturated carbocycles. The standard InChI is InChI=1S/C18H18N4/c1-12-3-9-15-18(17(12)20)21-16(22(15)2)10-8-13-4-6-14(11-19)7-5-13/h3-7,9H,8,10,20H2,1-2H3. The molecular formula is C18H18N4. The molecule has 0 atom stereocenters. The summed E-state index contributed by atoms with van der Waals surface area (Å²) in [6.45, 7) is 2.00. The van der Waals surface area contributed by atoms with Crippen molar-refractivity contribution in [2.24, 2.45) is 7.05 Å². The number of aryl methyl sites for hydroxylation is 4. The average molecular weight is 290 g/mol. The van der Waals surface area contributed by atoms with Crippen LogP contribution in [0.15, 0.2) is 36.4 Å². The van der Waals surface area contributed by atoms with E-state index in [1.807, 2.05) is 44.3 Å². The van der Waals surface area contributed by atoms with E-state index in [4.69, 9.17) is 16.0 Å². The van der Waals surface area contributed by atoms with Crippen molar-refractivity contribution in [2.75, 3.05) is 5.73 Å². The van der Waals surface area contributed by atoms with Gasteiger partial charge in [0.15, 0.2) is 0 Å². The quantitative estimate of drug-likeness (QED) is 0.754. The fourth-order valence-corrected chi connectivity index (χ4v) is 2.65. The third kappa shape index (κ3) is 2.42. The summed E-state index contributed by atoms with van der Waals surface area (Å²) in [6, 6.07) is 13.9. The second kappa shape index (κ2) is 5.53. The van der Waals surface area contributed by atoms with Gasteiger partial charge in [-0.25, -0.2) is 4.98 Å². The highest BCUT2D eigenvalue weighted by atomic mass is 15.1. The summed E-state index contributed by atoms with van der Waals surface area (Å²) >= 11 is 0. The number of nitrogen functional groups attached to an aromatic ring is 1. The molecular weight excluding hydrogens is 272 g/mol. The van der Waals surface area contributed by atoms with Crippen LogP contribution in [0.1, 0.15) is 22.5 Å². The van der Waals surface area contributed by atoms with Gasteiger partial charge in [-0.05, 0) is 42.7 Å². The first-order valence-electron chi connectivity index (χ1n) is 7.29. The van der Waals surface area contributed by atoms with Gasteiger partial charge in [-0.1, -0.05) is 18.2 Å². The number of hydrogen-bond donors (Lipinski definition) is 1. The smallest absolute Gasteiger partial charge is 0.112 e. The molecule has 22 heavy (non-hydrogen) atoms. The molecule has 0 bridgehead atoms. The Labute approximate surface area is 129 Å². The Morgan fingerprint density at radius 2 is 1.86 bits per heavy atom. The molecule has 0 aliphatic carbocycles. The van der Waals surface area contributed by atoms with Gasteiger partial charge in [0, 0.05) is 13.5 Å². The summed E-state index contributed by atoms with van der Waals surface area (Å²) < 4.78 is 2.11. The number of nitriles is 1. The Morgan fingerprint density at radius 3 is 2.55 bits per heavy atom. The number of aromatic nitrogens is 2. The minimum Gasteiger partial charge on any atom is -0.397 e. The molecule has 4 nitrogen and oxygen atoms in total. The van der Waals surface area contributed by atoms with Gasteiger partial charge >= 0.3 is 0 Å². The summed E-state index contributed by atoms with van der Waals surface area (Å²) in [5, 5.41) is 8.83. The molecule has 1 aromatic heterocycles. The van der Waals surface area contributed by atoms with E-state index in [1.54, 1.807) is 0 Å². The van der Waals surface area contributed by atoms with Crippen molar-refractivity contribution in [1.29, 1.82) is 5.26 Å². The molecule has 0 saturated heterocycles. The predicted molar refractivity (Wildman–Crippen MR) is 88.4 cm³/mol. The zero-order valence-corrected chi connectivity index (χ0v) is 12.8.